The quantitative estimate of drug-likeness (QED) is 0.336. The van der Waals surface area contributed by atoms with E-state index in [1.807, 2.05) is 13.8 Å². The monoisotopic (exact) mass is 557 g/mol. The van der Waals surface area contributed by atoms with Gasteiger partial charge in [-0.15, -0.1) is 0 Å². The van der Waals surface area contributed by atoms with Crippen molar-refractivity contribution in [1.82, 2.24) is 25.6 Å². The van der Waals surface area contributed by atoms with Crippen LogP contribution in [0.4, 0.5) is 13.2 Å². The summed E-state index contributed by atoms with van der Waals surface area (Å²) < 4.78 is 46.8. The molecule has 3 atom stereocenters. The third-order valence-corrected chi connectivity index (χ3v) is 7.90. The Bertz CT molecular complexity index is 1420. The van der Waals surface area contributed by atoms with Crippen molar-refractivity contribution >= 4 is 22.8 Å². The van der Waals surface area contributed by atoms with E-state index in [4.69, 9.17) is 4.74 Å². The maximum Gasteiger partial charge on any atom is 0.416 e. The first-order valence-electron chi connectivity index (χ1n) is 13.8. The normalized spacial score (nSPS) is 21.3. The minimum absolute atomic E-state index is 0.0199. The maximum atomic E-state index is 13.6. The van der Waals surface area contributed by atoms with E-state index in [0.717, 1.165) is 44.2 Å². The molecule has 5 rings (SSSR count). The number of hydrogen-bond acceptors (Lipinski definition) is 5. The second kappa shape index (κ2) is 11.1. The lowest BCUT2D eigenvalue weighted by Gasteiger charge is -2.35. The van der Waals surface area contributed by atoms with Gasteiger partial charge in [-0.3, -0.25) is 9.59 Å². The Morgan fingerprint density at radius 2 is 1.90 bits per heavy atom. The SMILES string of the molecule is CCC(=O)N[C@H]1CC[C@H](NC(=O)c2c(C)[nH]c3c(-c4cc(C(F)(F)F)ccc4OCC4CC4)ncnc23)[C@H](C)C1. The third kappa shape index (κ3) is 5.93. The molecule has 2 aliphatic rings. The van der Waals surface area contributed by atoms with Crippen molar-refractivity contribution in [3.8, 4) is 17.0 Å². The smallest absolute Gasteiger partial charge is 0.416 e. The third-order valence-electron chi connectivity index (χ3n) is 7.90. The van der Waals surface area contributed by atoms with Gasteiger partial charge < -0.3 is 20.4 Å². The number of nitrogens with one attached hydrogen (secondary N) is 3. The van der Waals surface area contributed by atoms with Crippen molar-refractivity contribution in [1.29, 1.82) is 0 Å². The number of rotatable bonds is 8. The standard InChI is InChI=1S/C29H34F3N5O3/c1-4-23(38)36-19-8-9-21(15(2)11-19)37-28(39)24-16(3)35-27-25(33-14-34-26(24)27)20-12-18(29(30,31)32)7-10-22(20)40-13-17-5-6-17/h7,10,12,14-15,17,19,21,35H,4-6,8-9,11,13H2,1-3H3,(H,36,38)(H,37,39)/t15-,19+,21+/m1/s1. The molecule has 1 aromatic carbocycles. The van der Waals surface area contributed by atoms with Gasteiger partial charge in [0.25, 0.3) is 5.91 Å². The number of amides is 2. The van der Waals surface area contributed by atoms with Crippen LogP contribution in [0.1, 0.15) is 74.0 Å². The summed E-state index contributed by atoms with van der Waals surface area (Å²) in [6.45, 7) is 6.02. The van der Waals surface area contributed by atoms with Crippen LogP contribution in [0.5, 0.6) is 5.75 Å². The molecular formula is C29H34F3N5O3. The van der Waals surface area contributed by atoms with E-state index in [0.29, 0.717) is 47.0 Å². The molecule has 2 fully saturated rings. The molecule has 3 aromatic rings. The summed E-state index contributed by atoms with van der Waals surface area (Å²) in [6, 6.07) is 3.38. The minimum Gasteiger partial charge on any atom is -0.493 e. The largest absolute Gasteiger partial charge is 0.493 e. The summed E-state index contributed by atoms with van der Waals surface area (Å²) in [5, 5.41) is 6.16. The van der Waals surface area contributed by atoms with E-state index in [1.54, 1.807) is 6.92 Å². The van der Waals surface area contributed by atoms with Gasteiger partial charge >= 0.3 is 6.18 Å². The summed E-state index contributed by atoms with van der Waals surface area (Å²) in [7, 11) is 0. The first-order valence-corrected chi connectivity index (χ1v) is 13.8. The molecular weight excluding hydrogens is 523 g/mol. The lowest BCUT2D eigenvalue weighted by atomic mass is 9.82. The van der Waals surface area contributed by atoms with Gasteiger partial charge in [0, 0.05) is 29.8 Å². The number of aromatic nitrogens is 3. The zero-order valence-electron chi connectivity index (χ0n) is 22.8. The Balaban J connectivity index is 1.43. The predicted octanol–water partition coefficient (Wildman–Crippen LogP) is 5.55. The Kier molecular flexibility index (Phi) is 7.74. The van der Waals surface area contributed by atoms with Crippen LogP contribution in [0.15, 0.2) is 24.5 Å². The first kappa shape index (κ1) is 27.9. The molecule has 2 amide bonds. The average molecular weight is 558 g/mol. The number of aryl methyl sites for hydroxylation is 1. The Hall–Kier alpha value is -3.63. The molecule has 214 valence electrons. The molecule has 0 spiro atoms. The fourth-order valence-electron chi connectivity index (χ4n) is 5.42. The zero-order chi connectivity index (χ0) is 28.6. The van der Waals surface area contributed by atoms with E-state index in [-0.39, 0.29) is 41.1 Å². The zero-order valence-corrected chi connectivity index (χ0v) is 22.8. The van der Waals surface area contributed by atoms with Crippen LogP contribution < -0.4 is 15.4 Å². The molecule has 2 aromatic heterocycles. The second-order valence-electron chi connectivity index (χ2n) is 11.0. The van der Waals surface area contributed by atoms with Crippen molar-refractivity contribution in [3.05, 3.63) is 41.3 Å². The highest BCUT2D eigenvalue weighted by molar-refractivity contribution is 6.09. The molecule has 0 saturated heterocycles. The summed E-state index contributed by atoms with van der Waals surface area (Å²) >= 11 is 0. The van der Waals surface area contributed by atoms with Gasteiger partial charge in [-0.2, -0.15) is 13.2 Å². The molecule has 40 heavy (non-hydrogen) atoms. The van der Waals surface area contributed by atoms with Crippen LogP contribution in [0, 0.1) is 18.8 Å². The van der Waals surface area contributed by atoms with Gasteiger partial charge in [0.15, 0.2) is 0 Å². The van der Waals surface area contributed by atoms with Crippen LogP contribution in [-0.4, -0.2) is 45.5 Å². The number of hydrogen-bond donors (Lipinski definition) is 3. The summed E-state index contributed by atoms with van der Waals surface area (Å²) in [6.07, 6.45) is 1.47. The van der Waals surface area contributed by atoms with Crippen molar-refractivity contribution < 1.29 is 27.5 Å². The molecule has 11 heteroatoms. The number of carbonyl (C=O) groups excluding carboxylic acids is 2. The van der Waals surface area contributed by atoms with E-state index in [1.165, 1.54) is 12.4 Å². The van der Waals surface area contributed by atoms with E-state index in [9.17, 15) is 22.8 Å². The van der Waals surface area contributed by atoms with Crippen molar-refractivity contribution in [3.63, 3.8) is 0 Å². The van der Waals surface area contributed by atoms with Crippen molar-refractivity contribution in [2.75, 3.05) is 6.61 Å². The van der Waals surface area contributed by atoms with Gasteiger partial charge in [0.1, 0.15) is 23.3 Å². The highest BCUT2D eigenvalue weighted by Gasteiger charge is 2.34. The fraction of sp³-hybridized carbons (Fsp3) is 0.517. The predicted molar refractivity (Wildman–Crippen MR) is 144 cm³/mol. The molecule has 8 nitrogen and oxygen atoms in total. The number of carbonyl (C=O) groups is 2. The van der Waals surface area contributed by atoms with Crippen LogP contribution in [0.25, 0.3) is 22.3 Å². The topological polar surface area (TPSA) is 109 Å². The number of alkyl halides is 3. The molecule has 3 N–H and O–H groups in total. The van der Waals surface area contributed by atoms with Crippen LogP contribution in [0.3, 0.4) is 0 Å². The molecule has 2 saturated carbocycles. The maximum absolute atomic E-state index is 13.6. The van der Waals surface area contributed by atoms with Gasteiger partial charge in [0.05, 0.1) is 23.3 Å². The van der Waals surface area contributed by atoms with Crippen LogP contribution in [-0.2, 0) is 11.0 Å². The highest BCUT2D eigenvalue weighted by atomic mass is 19.4. The van der Waals surface area contributed by atoms with E-state index >= 15 is 0 Å². The number of fused-ring (bicyclic) bond motifs is 1. The van der Waals surface area contributed by atoms with Crippen molar-refractivity contribution in [2.45, 2.75) is 77.6 Å². The summed E-state index contributed by atoms with van der Waals surface area (Å²) in [5.41, 5.74) is 1.20. The van der Waals surface area contributed by atoms with E-state index in [2.05, 4.69) is 25.6 Å². The molecule has 0 aliphatic heterocycles. The van der Waals surface area contributed by atoms with Crippen LogP contribution in [0.2, 0.25) is 0 Å². The fourth-order valence-corrected chi connectivity index (χ4v) is 5.42. The van der Waals surface area contributed by atoms with E-state index < -0.39 is 11.7 Å². The highest BCUT2D eigenvalue weighted by Crippen LogP contribution is 2.40. The Morgan fingerprint density at radius 3 is 2.58 bits per heavy atom. The average Bonchev–Trinajstić information content (AvgIpc) is 3.67. The Morgan fingerprint density at radius 1 is 1.12 bits per heavy atom. The molecule has 0 radical (unpaired) electrons. The molecule has 0 bridgehead atoms. The number of aromatic amines is 1. The molecule has 2 heterocycles. The van der Waals surface area contributed by atoms with Crippen LogP contribution >= 0.6 is 0 Å². The molecule has 2 aliphatic carbocycles. The van der Waals surface area contributed by atoms with Gasteiger partial charge in [0.2, 0.25) is 5.91 Å². The summed E-state index contributed by atoms with van der Waals surface area (Å²) in [5.74, 6) is 0.566. The number of halogens is 3. The molecule has 0 unspecified atom stereocenters. The lowest BCUT2D eigenvalue weighted by molar-refractivity contribution is -0.137. The van der Waals surface area contributed by atoms with Gasteiger partial charge in [-0.25, -0.2) is 9.97 Å². The number of ether oxygens (including phenoxy) is 1. The number of nitrogens with zero attached hydrogens (tertiary/aromatic N) is 2. The lowest BCUT2D eigenvalue weighted by Crippen LogP contribution is -2.48. The van der Waals surface area contributed by atoms with Gasteiger partial charge in [-0.05, 0) is 69.1 Å². The first-order chi connectivity index (χ1) is 19.0. The van der Waals surface area contributed by atoms with Gasteiger partial charge in [-0.1, -0.05) is 13.8 Å². The Labute approximate surface area is 230 Å². The number of benzene rings is 1. The minimum atomic E-state index is -4.54. The number of H-pyrrole nitrogens is 1. The summed E-state index contributed by atoms with van der Waals surface area (Å²) in [4.78, 5) is 37.1. The van der Waals surface area contributed by atoms with Crippen molar-refractivity contribution in [2.24, 2.45) is 11.8 Å². The second-order valence-corrected chi connectivity index (χ2v) is 11.0.